The first-order valence-electron chi connectivity index (χ1n) is 11.8. The van der Waals surface area contributed by atoms with Gasteiger partial charge in [-0.05, 0) is 35.2 Å². The molecular weight excluding hydrogens is 444 g/mol. The van der Waals surface area contributed by atoms with Crippen molar-refractivity contribution in [3.05, 3.63) is 53.6 Å². The number of carbonyl (C=O) groups excluding carboxylic acids is 2. The van der Waals surface area contributed by atoms with Crippen LogP contribution in [0.5, 0.6) is 5.75 Å². The van der Waals surface area contributed by atoms with Gasteiger partial charge in [0.25, 0.3) is 0 Å². The van der Waals surface area contributed by atoms with Gasteiger partial charge in [0.05, 0.1) is 6.61 Å². The van der Waals surface area contributed by atoms with E-state index in [1.165, 1.54) is 0 Å². The standard InChI is InChI=1S/C27H38N4O4/c1-27(2,3)25(33)30-18-20-8-6-9-21(16-20)22-12-10-19(11-13-24(32)31-26(28)29-4)17-23(22)35-15-7-14-34-5/h6,8-10,12,16-17H,7,11,13-15,18H2,1-5H3,(H,30,33)(H3,28,29,31,32). The van der Waals surface area contributed by atoms with Crippen molar-refractivity contribution in [2.75, 3.05) is 27.4 Å². The van der Waals surface area contributed by atoms with Crippen LogP contribution in [-0.4, -0.2) is 45.1 Å². The van der Waals surface area contributed by atoms with E-state index in [2.05, 4.69) is 22.0 Å². The van der Waals surface area contributed by atoms with Gasteiger partial charge in [-0.3, -0.25) is 20.3 Å². The summed E-state index contributed by atoms with van der Waals surface area (Å²) in [6.45, 7) is 7.23. The molecule has 0 fully saturated rings. The van der Waals surface area contributed by atoms with Crippen molar-refractivity contribution < 1.29 is 19.1 Å². The Morgan fingerprint density at radius 3 is 2.49 bits per heavy atom. The number of methoxy groups -OCH3 is 1. The summed E-state index contributed by atoms with van der Waals surface area (Å²) in [5.41, 5.74) is 3.45. The molecule has 2 aromatic rings. The molecule has 0 aromatic heterocycles. The molecule has 4 N–H and O–H groups in total. The van der Waals surface area contributed by atoms with Crippen molar-refractivity contribution >= 4 is 17.8 Å². The maximum atomic E-state index is 12.3. The van der Waals surface area contributed by atoms with Gasteiger partial charge >= 0.3 is 0 Å². The van der Waals surface area contributed by atoms with E-state index in [1.54, 1.807) is 14.2 Å². The summed E-state index contributed by atoms with van der Waals surface area (Å²) in [5.74, 6) is 0.494. The Morgan fingerprint density at radius 1 is 1.03 bits per heavy atom. The van der Waals surface area contributed by atoms with Crippen molar-refractivity contribution in [3.8, 4) is 16.9 Å². The molecule has 8 nitrogen and oxygen atoms in total. The van der Waals surface area contributed by atoms with Crippen LogP contribution in [0, 0.1) is 10.8 Å². The van der Waals surface area contributed by atoms with Crippen LogP contribution in [0.25, 0.3) is 11.1 Å². The molecule has 0 unspecified atom stereocenters. The van der Waals surface area contributed by atoms with Gasteiger partial charge in [0.1, 0.15) is 5.75 Å². The predicted molar refractivity (Wildman–Crippen MR) is 138 cm³/mol. The van der Waals surface area contributed by atoms with E-state index in [9.17, 15) is 9.59 Å². The third-order valence-corrected chi connectivity index (χ3v) is 5.32. The molecule has 0 aliphatic heterocycles. The zero-order valence-corrected chi connectivity index (χ0v) is 21.4. The van der Waals surface area contributed by atoms with E-state index in [4.69, 9.17) is 14.9 Å². The molecule has 35 heavy (non-hydrogen) atoms. The Morgan fingerprint density at radius 2 is 1.80 bits per heavy atom. The van der Waals surface area contributed by atoms with Gasteiger partial charge in [0, 0.05) is 51.1 Å². The quantitative estimate of drug-likeness (QED) is 0.222. The van der Waals surface area contributed by atoms with Gasteiger partial charge in [0.2, 0.25) is 11.8 Å². The number of nitrogens with one attached hydrogen (secondary N) is 4. The topological polar surface area (TPSA) is 113 Å². The third kappa shape index (κ3) is 9.41. The number of rotatable bonds is 11. The zero-order valence-electron chi connectivity index (χ0n) is 21.4. The summed E-state index contributed by atoms with van der Waals surface area (Å²) < 4.78 is 11.2. The predicted octanol–water partition coefficient (Wildman–Crippen LogP) is 3.63. The summed E-state index contributed by atoms with van der Waals surface area (Å²) in [6, 6.07) is 14.0. The lowest BCUT2D eigenvalue weighted by molar-refractivity contribution is -0.128. The molecule has 2 rings (SSSR count). The van der Waals surface area contributed by atoms with Crippen molar-refractivity contribution in [1.29, 1.82) is 5.41 Å². The third-order valence-electron chi connectivity index (χ3n) is 5.32. The smallest absolute Gasteiger partial charge is 0.226 e. The fourth-order valence-electron chi connectivity index (χ4n) is 3.28. The van der Waals surface area contributed by atoms with Gasteiger partial charge in [-0.15, -0.1) is 0 Å². The van der Waals surface area contributed by atoms with Crippen LogP contribution >= 0.6 is 0 Å². The van der Waals surface area contributed by atoms with Gasteiger partial charge < -0.3 is 20.1 Å². The number of benzene rings is 2. The average Bonchev–Trinajstić information content (AvgIpc) is 2.83. The first-order chi connectivity index (χ1) is 16.6. The molecule has 8 heteroatoms. The Labute approximate surface area is 208 Å². The molecule has 0 aliphatic carbocycles. The first-order valence-corrected chi connectivity index (χ1v) is 11.8. The summed E-state index contributed by atoms with van der Waals surface area (Å²) in [4.78, 5) is 24.3. The lowest BCUT2D eigenvalue weighted by atomic mass is 9.95. The molecule has 0 radical (unpaired) electrons. The average molecular weight is 483 g/mol. The van der Waals surface area contributed by atoms with Crippen LogP contribution in [0.3, 0.4) is 0 Å². The molecule has 0 saturated carbocycles. The molecule has 190 valence electrons. The van der Waals surface area contributed by atoms with Crippen LogP contribution in [0.1, 0.15) is 44.7 Å². The lowest BCUT2D eigenvalue weighted by Crippen LogP contribution is -2.38. The van der Waals surface area contributed by atoms with E-state index in [1.807, 2.05) is 57.2 Å². The molecule has 0 heterocycles. The summed E-state index contributed by atoms with van der Waals surface area (Å²) in [5, 5.41) is 15.6. The van der Waals surface area contributed by atoms with Crippen LogP contribution in [0.2, 0.25) is 0 Å². The Hall–Kier alpha value is -3.39. The lowest BCUT2D eigenvalue weighted by Gasteiger charge is -2.18. The highest BCUT2D eigenvalue weighted by molar-refractivity contribution is 5.95. The fraction of sp³-hybridized carbons (Fsp3) is 0.444. The minimum atomic E-state index is -0.444. The molecular formula is C27H38N4O4. The van der Waals surface area contributed by atoms with Crippen molar-refractivity contribution in [1.82, 2.24) is 16.0 Å². The van der Waals surface area contributed by atoms with E-state index < -0.39 is 5.41 Å². The van der Waals surface area contributed by atoms with Crippen molar-refractivity contribution in [2.45, 2.75) is 46.6 Å². The zero-order chi connectivity index (χ0) is 25.8. The van der Waals surface area contributed by atoms with E-state index in [0.29, 0.717) is 26.2 Å². The van der Waals surface area contributed by atoms with E-state index in [-0.39, 0.29) is 24.2 Å². The molecule has 2 aromatic carbocycles. The van der Waals surface area contributed by atoms with Gasteiger partial charge in [-0.25, -0.2) is 0 Å². The summed E-state index contributed by atoms with van der Waals surface area (Å²) in [6.07, 6.45) is 1.54. The highest BCUT2D eigenvalue weighted by Gasteiger charge is 2.20. The number of hydrogen-bond donors (Lipinski definition) is 4. The van der Waals surface area contributed by atoms with Gasteiger partial charge in [-0.2, -0.15) is 0 Å². The molecule has 0 bridgehead atoms. The number of aryl methyl sites for hydroxylation is 1. The Bertz CT molecular complexity index is 1010. The minimum Gasteiger partial charge on any atom is -0.493 e. The minimum absolute atomic E-state index is 0.00307. The number of ether oxygens (including phenoxy) is 2. The van der Waals surface area contributed by atoms with Crippen LogP contribution in [-0.2, 0) is 27.3 Å². The maximum absolute atomic E-state index is 12.3. The molecule has 0 saturated heterocycles. The molecule has 0 spiro atoms. The Kier molecular flexibility index (Phi) is 10.7. The summed E-state index contributed by atoms with van der Waals surface area (Å²) in [7, 11) is 3.25. The Balaban J connectivity index is 2.20. The van der Waals surface area contributed by atoms with E-state index in [0.717, 1.165) is 34.4 Å². The molecule has 2 amide bonds. The van der Waals surface area contributed by atoms with Gasteiger partial charge in [0.15, 0.2) is 5.96 Å². The van der Waals surface area contributed by atoms with E-state index >= 15 is 0 Å². The normalized spacial score (nSPS) is 11.0. The second-order valence-electron chi connectivity index (χ2n) is 9.33. The summed E-state index contributed by atoms with van der Waals surface area (Å²) >= 11 is 0. The number of amides is 2. The highest BCUT2D eigenvalue weighted by Crippen LogP contribution is 2.32. The number of carbonyl (C=O) groups is 2. The second-order valence-corrected chi connectivity index (χ2v) is 9.33. The monoisotopic (exact) mass is 482 g/mol. The first kappa shape index (κ1) is 27.9. The van der Waals surface area contributed by atoms with Crippen LogP contribution in [0.15, 0.2) is 42.5 Å². The number of guanidine groups is 1. The highest BCUT2D eigenvalue weighted by atomic mass is 16.5. The van der Waals surface area contributed by atoms with Gasteiger partial charge in [-0.1, -0.05) is 51.1 Å². The number of hydrogen-bond acceptors (Lipinski definition) is 5. The second kappa shape index (κ2) is 13.5. The van der Waals surface area contributed by atoms with Crippen molar-refractivity contribution in [2.24, 2.45) is 5.41 Å². The molecule has 0 atom stereocenters. The fourth-order valence-corrected chi connectivity index (χ4v) is 3.28. The van der Waals surface area contributed by atoms with Crippen molar-refractivity contribution in [3.63, 3.8) is 0 Å². The largest absolute Gasteiger partial charge is 0.493 e. The van der Waals surface area contributed by atoms with Crippen LogP contribution in [0.4, 0.5) is 0 Å². The molecule has 0 aliphatic rings. The maximum Gasteiger partial charge on any atom is 0.226 e. The SMILES string of the molecule is CNC(=N)NC(=O)CCc1ccc(-c2cccc(CNC(=O)C(C)(C)C)c2)c(OCCCOC)c1. The van der Waals surface area contributed by atoms with Crippen LogP contribution < -0.4 is 20.7 Å².